The predicted molar refractivity (Wildman–Crippen MR) is 71.7 cm³/mol. The Morgan fingerprint density at radius 3 is 3.05 bits per heavy atom. The third kappa shape index (κ3) is 4.17. The molecule has 102 valence electrons. The predicted octanol–water partition coefficient (Wildman–Crippen LogP) is 1.25. The Morgan fingerprint density at radius 1 is 1.58 bits per heavy atom. The zero-order valence-electron chi connectivity index (χ0n) is 11.2. The summed E-state index contributed by atoms with van der Waals surface area (Å²) in [5, 5.41) is 0. The number of aryl methyl sites for hydroxylation is 3. The van der Waals surface area contributed by atoms with Gasteiger partial charge in [-0.15, -0.1) is 11.3 Å². The Hall–Kier alpha value is -1.69. The summed E-state index contributed by atoms with van der Waals surface area (Å²) in [6.45, 7) is 3.06. The summed E-state index contributed by atoms with van der Waals surface area (Å²) in [6, 6.07) is 0. The molecule has 2 aromatic rings. The lowest BCUT2D eigenvalue weighted by atomic mass is 10.2. The number of rotatable bonds is 6. The molecule has 0 aliphatic rings. The summed E-state index contributed by atoms with van der Waals surface area (Å²) in [5.74, 6) is -0.149. The Bertz CT molecular complexity index is 548. The first-order valence-corrected chi connectivity index (χ1v) is 7.08. The fourth-order valence-electron chi connectivity index (χ4n) is 1.75. The minimum Gasteiger partial charge on any atom is -0.461 e. The first-order valence-electron chi connectivity index (χ1n) is 6.21. The number of nitrogens with zero attached hydrogens (tertiary/aromatic N) is 3. The van der Waals surface area contributed by atoms with E-state index in [-0.39, 0.29) is 5.97 Å². The van der Waals surface area contributed by atoms with Gasteiger partial charge in [0.2, 0.25) is 6.33 Å². The highest BCUT2D eigenvalue weighted by atomic mass is 32.1. The molecule has 0 aromatic carbocycles. The van der Waals surface area contributed by atoms with Crippen molar-refractivity contribution in [2.45, 2.75) is 26.3 Å². The molecule has 0 bridgehead atoms. The van der Waals surface area contributed by atoms with Crippen molar-refractivity contribution in [2.75, 3.05) is 6.61 Å². The van der Waals surface area contributed by atoms with Crippen LogP contribution in [0.25, 0.3) is 0 Å². The van der Waals surface area contributed by atoms with E-state index in [9.17, 15) is 4.79 Å². The molecule has 0 aliphatic carbocycles. The first kappa shape index (κ1) is 13.7. The lowest BCUT2D eigenvalue weighted by Gasteiger charge is -2.02. The van der Waals surface area contributed by atoms with Crippen molar-refractivity contribution >= 4 is 17.3 Å². The third-order valence-electron chi connectivity index (χ3n) is 2.84. The molecule has 0 radical (unpaired) electrons. The zero-order chi connectivity index (χ0) is 13.7. The van der Waals surface area contributed by atoms with Gasteiger partial charge in [-0.2, -0.15) is 0 Å². The lowest BCUT2D eigenvalue weighted by molar-refractivity contribution is -0.671. The van der Waals surface area contributed by atoms with Crippen LogP contribution in [0.15, 0.2) is 24.2 Å². The van der Waals surface area contributed by atoms with E-state index in [2.05, 4.69) is 4.98 Å². The molecule has 0 saturated carbocycles. The second-order valence-corrected chi connectivity index (χ2v) is 5.34. The molecule has 0 spiro atoms. The smallest absolute Gasteiger partial charge is 0.306 e. The van der Waals surface area contributed by atoms with Gasteiger partial charge in [-0.25, -0.2) is 14.1 Å². The van der Waals surface area contributed by atoms with Gasteiger partial charge in [-0.05, 0) is 13.3 Å². The van der Waals surface area contributed by atoms with Crippen molar-refractivity contribution < 1.29 is 14.1 Å². The van der Waals surface area contributed by atoms with E-state index < -0.39 is 0 Å². The largest absolute Gasteiger partial charge is 0.461 e. The monoisotopic (exact) mass is 280 g/mol. The molecule has 5 nitrogen and oxygen atoms in total. The molecule has 6 heteroatoms. The number of imidazole rings is 1. The molecule has 0 fully saturated rings. The number of esters is 1. The van der Waals surface area contributed by atoms with E-state index in [1.165, 1.54) is 0 Å². The molecule has 0 aliphatic heterocycles. The highest BCUT2D eigenvalue weighted by Crippen LogP contribution is 2.14. The molecular weight excluding hydrogens is 262 g/mol. The Kier molecular flexibility index (Phi) is 4.68. The maximum Gasteiger partial charge on any atom is 0.306 e. The molecule has 19 heavy (non-hydrogen) atoms. The number of hydrogen-bond acceptors (Lipinski definition) is 4. The summed E-state index contributed by atoms with van der Waals surface area (Å²) < 4.78 is 9.15. The zero-order valence-corrected chi connectivity index (χ0v) is 12.0. The van der Waals surface area contributed by atoms with Crippen LogP contribution in [0.5, 0.6) is 0 Å². The number of thiazole rings is 1. The van der Waals surface area contributed by atoms with Crippen LogP contribution in [0.3, 0.4) is 0 Å². The molecule has 0 saturated heterocycles. The average Bonchev–Trinajstić information content (AvgIpc) is 2.96. The van der Waals surface area contributed by atoms with Crippen molar-refractivity contribution in [2.24, 2.45) is 7.05 Å². The van der Waals surface area contributed by atoms with Crippen LogP contribution in [-0.2, 0) is 29.5 Å². The minimum absolute atomic E-state index is 0.149. The van der Waals surface area contributed by atoms with Crippen LogP contribution >= 0.6 is 11.3 Å². The maximum absolute atomic E-state index is 11.6. The maximum atomic E-state index is 11.6. The van der Waals surface area contributed by atoms with Gasteiger partial charge in [0.15, 0.2) is 0 Å². The van der Waals surface area contributed by atoms with Crippen molar-refractivity contribution in [3.63, 3.8) is 0 Å². The quantitative estimate of drug-likeness (QED) is 0.591. The SMILES string of the molecule is Cc1ncsc1CCC(=O)OCCn1cc[n+](C)c1. The van der Waals surface area contributed by atoms with Crippen LogP contribution in [-0.4, -0.2) is 22.1 Å². The van der Waals surface area contributed by atoms with Crippen LogP contribution in [0, 0.1) is 6.92 Å². The van der Waals surface area contributed by atoms with E-state index in [4.69, 9.17) is 4.74 Å². The fraction of sp³-hybridized carbons (Fsp3) is 0.462. The summed E-state index contributed by atoms with van der Waals surface area (Å²) in [7, 11) is 1.96. The van der Waals surface area contributed by atoms with E-state index in [0.717, 1.165) is 10.6 Å². The molecular formula is C13H18N3O2S+. The van der Waals surface area contributed by atoms with Gasteiger partial charge < -0.3 is 4.74 Å². The topological polar surface area (TPSA) is 48.0 Å². The Balaban J connectivity index is 1.66. The third-order valence-corrected chi connectivity index (χ3v) is 3.83. The Labute approximate surface area is 116 Å². The van der Waals surface area contributed by atoms with Crippen molar-refractivity contribution in [3.8, 4) is 0 Å². The lowest BCUT2D eigenvalue weighted by Crippen LogP contribution is -2.24. The van der Waals surface area contributed by atoms with E-state index in [0.29, 0.717) is 26.0 Å². The number of aromatic nitrogens is 3. The average molecular weight is 280 g/mol. The van der Waals surface area contributed by atoms with Crippen molar-refractivity contribution in [3.05, 3.63) is 34.8 Å². The van der Waals surface area contributed by atoms with Crippen molar-refractivity contribution in [1.29, 1.82) is 0 Å². The number of carbonyl (C=O) groups is 1. The molecule has 2 aromatic heterocycles. The van der Waals surface area contributed by atoms with Crippen molar-refractivity contribution in [1.82, 2.24) is 9.55 Å². The van der Waals surface area contributed by atoms with Crippen LogP contribution in [0.4, 0.5) is 0 Å². The Morgan fingerprint density at radius 2 is 2.42 bits per heavy atom. The highest BCUT2D eigenvalue weighted by Gasteiger charge is 2.08. The van der Waals surface area contributed by atoms with Crippen LogP contribution in [0.1, 0.15) is 17.0 Å². The number of carbonyl (C=O) groups excluding carboxylic acids is 1. The van der Waals surface area contributed by atoms with Gasteiger partial charge in [-0.1, -0.05) is 0 Å². The summed E-state index contributed by atoms with van der Waals surface area (Å²) >= 11 is 1.59. The van der Waals surface area contributed by atoms with Gasteiger partial charge in [0.25, 0.3) is 0 Å². The van der Waals surface area contributed by atoms with Gasteiger partial charge in [0.1, 0.15) is 25.5 Å². The van der Waals surface area contributed by atoms with E-state index in [1.54, 1.807) is 11.3 Å². The number of hydrogen-bond donors (Lipinski definition) is 0. The molecule has 2 heterocycles. The van der Waals surface area contributed by atoms with Crippen LogP contribution < -0.4 is 4.57 Å². The van der Waals surface area contributed by atoms with E-state index in [1.807, 2.05) is 47.3 Å². The molecule has 2 rings (SSSR count). The van der Waals surface area contributed by atoms with Gasteiger partial charge in [0, 0.05) is 4.88 Å². The van der Waals surface area contributed by atoms with Gasteiger partial charge in [0.05, 0.1) is 24.7 Å². The normalized spacial score (nSPS) is 10.6. The van der Waals surface area contributed by atoms with Gasteiger partial charge >= 0.3 is 5.97 Å². The minimum atomic E-state index is -0.149. The molecule has 0 atom stereocenters. The second kappa shape index (κ2) is 6.47. The standard InChI is InChI=1S/C13H18N3O2S/c1-11-12(19-9-14-11)3-4-13(17)18-8-7-16-6-5-15(2)10-16/h5-6,9-10H,3-4,7-8H2,1-2H3/q+1. The van der Waals surface area contributed by atoms with Gasteiger partial charge in [-0.3, -0.25) is 4.79 Å². The summed E-state index contributed by atoms with van der Waals surface area (Å²) in [5.41, 5.74) is 2.82. The van der Waals surface area contributed by atoms with Crippen LogP contribution in [0.2, 0.25) is 0 Å². The summed E-state index contributed by atoms with van der Waals surface area (Å²) in [6.07, 6.45) is 6.99. The summed E-state index contributed by atoms with van der Waals surface area (Å²) in [4.78, 5) is 16.9. The molecule has 0 unspecified atom stereocenters. The molecule has 0 N–H and O–H groups in total. The highest BCUT2D eigenvalue weighted by molar-refractivity contribution is 7.09. The number of ether oxygens (including phenoxy) is 1. The first-order chi connectivity index (χ1) is 9.15. The van der Waals surface area contributed by atoms with E-state index >= 15 is 0 Å². The fourth-order valence-corrected chi connectivity index (χ4v) is 2.53. The molecule has 0 amide bonds. The second-order valence-electron chi connectivity index (χ2n) is 4.40.